The zero-order chi connectivity index (χ0) is 17.5. The summed E-state index contributed by atoms with van der Waals surface area (Å²) in [4.78, 5) is 16.5. The van der Waals surface area contributed by atoms with Gasteiger partial charge in [0.1, 0.15) is 0 Å². The summed E-state index contributed by atoms with van der Waals surface area (Å²) in [5.74, 6) is -0.0925. The summed E-state index contributed by atoms with van der Waals surface area (Å²) in [5.41, 5.74) is 3.30. The first-order valence-electron chi connectivity index (χ1n) is 8.70. The third-order valence-corrected chi connectivity index (χ3v) is 4.86. The Morgan fingerprint density at radius 1 is 1.20 bits per heavy atom. The van der Waals surface area contributed by atoms with Crippen LogP contribution in [0.5, 0.6) is 0 Å². The van der Waals surface area contributed by atoms with Gasteiger partial charge < -0.3 is 10.1 Å². The van der Waals surface area contributed by atoms with E-state index in [9.17, 15) is 4.79 Å². The van der Waals surface area contributed by atoms with Crippen molar-refractivity contribution in [3.05, 3.63) is 71.6 Å². The summed E-state index contributed by atoms with van der Waals surface area (Å²) in [6, 6.07) is 14.1. The second-order valence-electron chi connectivity index (χ2n) is 6.51. The van der Waals surface area contributed by atoms with E-state index in [2.05, 4.69) is 41.5 Å². The first-order chi connectivity index (χ1) is 12.2. The molecule has 0 saturated carbocycles. The summed E-state index contributed by atoms with van der Waals surface area (Å²) in [7, 11) is 0. The molecule has 1 aromatic carbocycles. The molecular weight excluding hydrogens is 312 g/mol. The van der Waals surface area contributed by atoms with Crippen LogP contribution in [0.4, 0.5) is 0 Å². The van der Waals surface area contributed by atoms with Crippen LogP contribution in [0.1, 0.15) is 29.7 Å². The third kappa shape index (κ3) is 4.34. The lowest BCUT2D eigenvalue weighted by Crippen LogP contribution is -2.44. The fourth-order valence-electron chi connectivity index (χ4n) is 3.42. The van der Waals surface area contributed by atoms with Crippen molar-refractivity contribution in [1.82, 2.24) is 10.3 Å². The first-order valence-corrected chi connectivity index (χ1v) is 8.70. The number of nitrogens with one attached hydrogen (secondary N) is 1. The molecule has 1 aromatic heterocycles. The number of hydrogen-bond acceptors (Lipinski definition) is 3. The van der Waals surface area contributed by atoms with Crippen LogP contribution in [0.3, 0.4) is 0 Å². The zero-order valence-electron chi connectivity index (χ0n) is 14.6. The Kier molecular flexibility index (Phi) is 5.61. The van der Waals surface area contributed by atoms with Gasteiger partial charge >= 0.3 is 0 Å². The van der Waals surface area contributed by atoms with E-state index >= 15 is 0 Å². The second kappa shape index (κ2) is 8.08. The van der Waals surface area contributed by atoms with E-state index in [4.69, 9.17) is 4.74 Å². The Morgan fingerprint density at radius 3 is 2.68 bits per heavy atom. The molecular formula is C21H24N2O2. The third-order valence-electron chi connectivity index (χ3n) is 4.86. The number of carbonyl (C=O) groups excluding carboxylic acids is 1. The lowest BCUT2D eigenvalue weighted by Gasteiger charge is -2.38. The monoisotopic (exact) mass is 336 g/mol. The molecule has 1 saturated heterocycles. The van der Waals surface area contributed by atoms with Crippen molar-refractivity contribution in [2.45, 2.75) is 25.2 Å². The topological polar surface area (TPSA) is 51.2 Å². The fraction of sp³-hybridized carbons (Fsp3) is 0.333. The molecule has 25 heavy (non-hydrogen) atoms. The molecule has 1 fully saturated rings. The largest absolute Gasteiger partial charge is 0.381 e. The number of carbonyl (C=O) groups is 1. The summed E-state index contributed by atoms with van der Waals surface area (Å²) >= 11 is 0. The van der Waals surface area contributed by atoms with Crippen molar-refractivity contribution < 1.29 is 9.53 Å². The molecule has 0 unspecified atom stereocenters. The van der Waals surface area contributed by atoms with Crippen LogP contribution in [0.15, 0.2) is 54.7 Å². The molecule has 1 aliphatic rings. The maximum Gasteiger partial charge on any atom is 0.244 e. The smallest absolute Gasteiger partial charge is 0.244 e. The SMILES string of the molecule is Cc1ccccc1C1(CNC(=O)C=Cc2ccccn2)CCOCC1. The predicted octanol–water partition coefficient (Wildman–Crippen LogP) is 3.27. The molecule has 1 N–H and O–H groups in total. The van der Waals surface area contributed by atoms with Gasteiger partial charge in [-0.25, -0.2) is 0 Å². The lowest BCUT2D eigenvalue weighted by atomic mass is 9.72. The van der Waals surface area contributed by atoms with Crippen molar-refractivity contribution in [2.24, 2.45) is 0 Å². The van der Waals surface area contributed by atoms with Crippen LogP contribution in [0, 0.1) is 6.92 Å². The van der Waals surface area contributed by atoms with Crippen LogP contribution in [0.25, 0.3) is 6.08 Å². The van der Waals surface area contributed by atoms with Gasteiger partial charge in [0.05, 0.1) is 5.69 Å². The highest BCUT2D eigenvalue weighted by Crippen LogP contribution is 2.36. The number of ether oxygens (including phenoxy) is 1. The van der Waals surface area contributed by atoms with E-state index in [0.29, 0.717) is 6.54 Å². The van der Waals surface area contributed by atoms with Crippen LogP contribution >= 0.6 is 0 Å². The standard InChI is InChI=1S/C21H24N2O2/c1-17-6-2-3-8-19(17)21(11-14-25-15-12-21)16-23-20(24)10-9-18-7-4-5-13-22-18/h2-10,13H,11-12,14-16H2,1H3,(H,23,24). The summed E-state index contributed by atoms with van der Waals surface area (Å²) in [5, 5.41) is 3.08. The van der Waals surface area contributed by atoms with Gasteiger partial charge in [-0.3, -0.25) is 9.78 Å². The van der Waals surface area contributed by atoms with E-state index in [0.717, 1.165) is 31.7 Å². The van der Waals surface area contributed by atoms with E-state index in [-0.39, 0.29) is 11.3 Å². The molecule has 0 bridgehead atoms. The predicted molar refractivity (Wildman–Crippen MR) is 99.2 cm³/mol. The number of amides is 1. The average molecular weight is 336 g/mol. The maximum absolute atomic E-state index is 12.3. The average Bonchev–Trinajstić information content (AvgIpc) is 2.67. The fourth-order valence-corrected chi connectivity index (χ4v) is 3.42. The minimum atomic E-state index is -0.0925. The van der Waals surface area contributed by atoms with E-state index in [1.165, 1.54) is 11.1 Å². The van der Waals surface area contributed by atoms with Crippen molar-refractivity contribution >= 4 is 12.0 Å². The van der Waals surface area contributed by atoms with Gasteiger partial charge in [0.15, 0.2) is 0 Å². The maximum atomic E-state index is 12.3. The molecule has 0 radical (unpaired) electrons. The number of aryl methyl sites for hydroxylation is 1. The van der Waals surface area contributed by atoms with Gasteiger partial charge in [-0.1, -0.05) is 30.3 Å². The minimum absolute atomic E-state index is 0.0575. The molecule has 4 heteroatoms. The van der Waals surface area contributed by atoms with Gasteiger partial charge in [-0.15, -0.1) is 0 Å². The van der Waals surface area contributed by atoms with Crippen molar-refractivity contribution in [1.29, 1.82) is 0 Å². The van der Waals surface area contributed by atoms with Crippen LogP contribution < -0.4 is 5.32 Å². The molecule has 2 heterocycles. The van der Waals surface area contributed by atoms with Gasteiger partial charge in [0, 0.05) is 37.4 Å². The van der Waals surface area contributed by atoms with Gasteiger partial charge in [0.25, 0.3) is 0 Å². The summed E-state index contributed by atoms with van der Waals surface area (Å²) < 4.78 is 5.56. The Hall–Kier alpha value is -2.46. The highest BCUT2D eigenvalue weighted by molar-refractivity contribution is 5.91. The number of benzene rings is 1. The summed E-state index contributed by atoms with van der Waals surface area (Å²) in [6.07, 6.45) is 6.84. The lowest BCUT2D eigenvalue weighted by molar-refractivity contribution is -0.116. The van der Waals surface area contributed by atoms with Crippen LogP contribution in [-0.4, -0.2) is 30.6 Å². The number of nitrogens with zero attached hydrogens (tertiary/aromatic N) is 1. The first kappa shape index (κ1) is 17.4. The van der Waals surface area contributed by atoms with E-state index in [1.807, 2.05) is 18.2 Å². The Bertz CT molecular complexity index is 735. The number of pyridine rings is 1. The van der Waals surface area contributed by atoms with Gasteiger partial charge in [-0.05, 0) is 49.1 Å². The quantitative estimate of drug-likeness (QED) is 0.853. The van der Waals surface area contributed by atoms with Crippen LogP contribution in [-0.2, 0) is 14.9 Å². The molecule has 130 valence electrons. The van der Waals surface area contributed by atoms with E-state index < -0.39 is 0 Å². The normalized spacial score (nSPS) is 16.7. The Morgan fingerprint density at radius 2 is 1.96 bits per heavy atom. The molecule has 0 aliphatic carbocycles. The second-order valence-corrected chi connectivity index (χ2v) is 6.51. The van der Waals surface area contributed by atoms with Crippen molar-refractivity contribution in [2.75, 3.05) is 19.8 Å². The Labute approximate surface area is 148 Å². The molecule has 4 nitrogen and oxygen atoms in total. The minimum Gasteiger partial charge on any atom is -0.381 e. The van der Waals surface area contributed by atoms with Gasteiger partial charge in [0.2, 0.25) is 5.91 Å². The Balaban J connectivity index is 1.70. The number of hydrogen-bond donors (Lipinski definition) is 1. The van der Waals surface area contributed by atoms with Crippen molar-refractivity contribution in [3.63, 3.8) is 0 Å². The summed E-state index contributed by atoms with van der Waals surface area (Å²) in [6.45, 7) is 4.21. The molecule has 0 atom stereocenters. The zero-order valence-corrected chi connectivity index (χ0v) is 14.6. The highest BCUT2D eigenvalue weighted by Gasteiger charge is 2.35. The van der Waals surface area contributed by atoms with Gasteiger partial charge in [-0.2, -0.15) is 0 Å². The highest BCUT2D eigenvalue weighted by atomic mass is 16.5. The van der Waals surface area contributed by atoms with E-state index in [1.54, 1.807) is 18.3 Å². The van der Waals surface area contributed by atoms with Crippen molar-refractivity contribution in [3.8, 4) is 0 Å². The number of aromatic nitrogens is 1. The number of rotatable bonds is 5. The molecule has 2 aromatic rings. The molecule has 3 rings (SSSR count). The molecule has 1 amide bonds. The molecule has 1 aliphatic heterocycles. The molecule has 0 spiro atoms. The van der Waals surface area contributed by atoms with Crippen LogP contribution in [0.2, 0.25) is 0 Å².